The number of hydrogen-bond acceptors (Lipinski definition) is 4. The highest BCUT2D eigenvalue weighted by molar-refractivity contribution is 5.95. The van der Waals surface area contributed by atoms with Gasteiger partial charge in [-0.25, -0.2) is 0 Å². The SMILES string of the molecule is CCN(CCO)C(C(=O)Nc1cccc(OC)c1)c1ccccc1. The molecule has 5 heteroatoms. The van der Waals surface area contributed by atoms with E-state index in [0.29, 0.717) is 24.5 Å². The van der Waals surface area contributed by atoms with E-state index in [0.717, 1.165) is 5.56 Å². The lowest BCUT2D eigenvalue weighted by Gasteiger charge is -2.29. The molecule has 0 aliphatic rings. The number of likely N-dealkylation sites (N-methyl/N-ethyl adjacent to an activating group) is 1. The second-order valence-corrected chi connectivity index (χ2v) is 5.39. The van der Waals surface area contributed by atoms with Gasteiger partial charge in [0.1, 0.15) is 11.8 Å². The maximum Gasteiger partial charge on any atom is 0.246 e. The van der Waals surface area contributed by atoms with Crippen molar-refractivity contribution in [2.24, 2.45) is 0 Å². The van der Waals surface area contributed by atoms with Gasteiger partial charge >= 0.3 is 0 Å². The Morgan fingerprint density at radius 2 is 1.96 bits per heavy atom. The number of aliphatic hydroxyl groups excluding tert-OH is 1. The predicted octanol–water partition coefficient (Wildman–Crippen LogP) is 2.69. The fourth-order valence-electron chi connectivity index (χ4n) is 2.67. The highest BCUT2D eigenvalue weighted by Crippen LogP contribution is 2.24. The molecular formula is C19H24N2O3. The molecule has 0 saturated carbocycles. The first kappa shape index (κ1) is 18.0. The largest absolute Gasteiger partial charge is 0.497 e. The van der Waals surface area contributed by atoms with Crippen LogP contribution in [0.2, 0.25) is 0 Å². The number of nitrogens with zero attached hydrogens (tertiary/aromatic N) is 1. The minimum absolute atomic E-state index is 0.00358. The lowest BCUT2D eigenvalue weighted by atomic mass is 10.0. The molecule has 1 atom stereocenters. The number of nitrogens with one attached hydrogen (secondary N) is 1. The molecular weight excluding hydrogens is 304 g/mol. The number of anilines is 1. The molecule has 2 N–H and O–H groups in total. The van der Waals surface area contributed by atoms with Gasteiger partial charge in [0.05, 0.1) is 13.7 Å². The molecule has 0 saturated heterocycles. The molecule has 0 bridgehead atoms. The molecule has 2 aromatic carbocycles. The molecule has 128 valence electrons. The number of benzene rings is 2. The summed E-state index contributed by atoms with van der Waals surface area (Å²) in [4.78, 5) is 14.9. The van der Waals surface area contributed by atoms with Gasteiger partial charge in [0, 0.05) is 18.3 Å². The monoisotopic (exact) mass is 328 g/mol. The Hall–Kier alpha value is -2.37. The minimum atomic E-state index is -0.463. The van der Waals surface area contributed by atoms with Crippen LogP contribution in [-0.4, -0.2) is 42.7 Å². The summed E-state index contributed by atoms with van der Waals surface area (Å²) < 4.78 is 5.19. The van der Waals surface area contributed by atoms with Gasteiger partial charge in [0.25, 0.3) is 0 Å². The van der Waals surface area contributed by atoms with E-state index in [1.54, 1.807) is 13.2 Å². The molecule has 24 heavy (non-hydrogen) atoms. The molecule has 0 aromatic heterocycles. The van der Waals surface area contributed by atoms with Gasteiger partial charge in [-0.05, 0) is 24.2 Å². The maximum absolute atomic E-state index is 12.9. The summed E-state index contributed by atoms with van der Waals surface area (Å²) in [7, 11) is 1.59. The van der Waals surface area contributed by atoms with Gasteiger partial charge in [0.2, 0.25) is 5.91 Å². The van der Waals surface area contributed by atoms with Crippen LogP contribution < -0.4 is 10.1 Å². The average molecular weight is 328 g/mol. The van der Waals surface area contributed by atoms with Crippen LogP contribution in [0.4, 0.5) is 5.69 Å². The van der Waals surface area contributed by atoms with Gasteiger partial charge in [-0.3, -0.25) is 9.69 Å². The molecule has 0 spiro atoms. The number of amides is 1. The fourth-order valence-corrected chi connectivity index (χ4v) is 2.67. The summed E-state index contributed by atoms with van der Waals surface area (Å²) in [6.07, 6.45) is 0. The molecule has 1 amide bonds. The Balaban J connectivity index is 2.26. The number of hydrogen-bond donors (Lipinski definition) is 2. The van der Waals surface area contributed by atoms with Crippen molar-refractivity contribution in [2.45, 2.75) is 13.0 Å². The lowest BCUT2D eigenvalue weighted by Crippen LogP contribution is -2.38. The van der Waals surface area contributed by atoms with Crippen molar-refractivity contribution < 1.29 is 14.6 Å². The topological polar surface area (TPSA) is 61.8 Å². The fraction of sp³-hybridized carbons (Fsp3) is 0.316. The molecule has 0 aliphatic heterocycles. The van der Waals surface area contributed by atoms with E-state index < -0.39 is 6.04 Å². The minimum Gasteiger partial charge on any atom is -0.497 e. The van der Waals surface area contributed by atoms with Crippen LogP contribution in [0.15, 0.2) is 54.6 Å². The average Bonchev–Trinajstić information content (AvgIpc) is 2.62. The summed E-state index contributed by atoms with van der Waals surface area (Å²) >= 11 is 0. The number of carbonyl (C=O) groups excluding carboxylic acids is 1. The van der Waals surface area contributed by atoms with Crippen molar-refractivity contribution in [3.05, 3.63) is 60.2 Å². The molecule has 1 unspecified atom stereocenters. The van der Waals surface area contributed by atoms with Gasteiger partial charge in [-0.1, -0.05) is 43.3 Å². The van der Waals surface area contributed by atoms with Gasteiger partial charge in [-0.15, -0.1) is 0 Å². The van der Waals surface area contributed by atoms with E-state index in [-0.39, 0.29) is 12.5 Å². The molecule has 0 aliphatic carbocycles. The van der Waals surface area contributed by atoms with E-state index in [1.165, 1.54) is 0 Å². The highest BCUT2D eigenvalue weighted by Gasteiger charge is 2.26. The van der Waals surface area contributed by atoms with Crippen LogP contribution in [0.25, 0.3) is 0 Å². The van der Waals surface area contributed by atoms with E-state index in [1.807, 2.05) is 60.4 Å². The second kappa shape index (κ2) is 9.05. The third kappa shape index (κ3) is 4.57. The molecule has 0 radical (unpaired) electrons. The van der Waals surface area contributed by atoms with Crippen LogP contribution in [0, 0.1) is 0 Å². The first-order valence-corrected chi connectivity index (χ1v) is 8.04. The summed E-state index contributed by atoms with van der Waals surface area (Å²) in [5.41, 5.74) is 1.58. The van der Waals surface area contributed by atoms with Crippen LogP contribution in [0.5, 0.6) is 5.75 Å². The van der Waals surface area contributed by atoms with Gasteiger partial charge < -0.3 is 15.2 Å². The maximum atomic E-state index is 12.9. The molecule has 0 heterocycles. The van der Waals surface area contributed by atoms with Crippen molar-refractivity contribution in [3.63, 3.8) is 0 Å². The van der Waals surface area contributed by atoms with Crippen LogP contribution in [0.1, 0.15) is 18.5 Å². The third-order valence-electron chi connectivity index (χ3n) is 3.86. The summed E-state index contributed by atoms with van der Waals surface area (Å²) in [6, 6.07) is 16.4. The van der Waals surface area contributed by atoms with Crippen LogP contribution >= 0.6 is 0 Å². The quantitative estimate of drug-likeness (QED) is 0.782. The van der Waals surface area contributed by atoms with Crippen molar-refractivity contribution in [1.82, 2.24) is 4.90 Å². The smallest absolute Gasteiger partial charge is 0.246 e. The number of rotatable bonds is 8. The Kier molecular flexibility index (Phi) is 6.78. The third-order valence-corrected chi connectivity index (χ3v) is 3.86. The normalized spacial score (nSPS) is 12.0. The molecule has 2 aromatic rings. The van der Waals surface area contributed by atoms with Crippen molar-refractivity contribution in [1.29, 1.82) is 0 Å². The lowest BCUT2D eigenvalue weighted by molar-refractivity contribution is -0.121. The van der Waals surface area contributed by atoms with Gasteiger partial charge in [0.15, 0.2) is 0 Å². The van der Waals surface area contributed by atoms with E-state index in [9.17, 15) is 9.90 Å². The molecule has 0 fully saturated rings. The van der Waals surface area contributed by atoms with Crippen molar-refractivity contribution in [3.8, 4) is 5.75 Å². The second-order valence-electron chi connectivity index (χ2n) is 5.39. The van der Waals surface area contributed by atoms with Crippen molar-refractivity contribution >= 4 is 11.6 Å². The van der Waals surface area contributed by atoms with Gasteiger partial charge in [-0.2, -0.15) is 0 Å². The summed E-state index contributed by atoms with van der Waals surface area (Å²) in [5.74, 6) is 0.552. The van der Waals surface area contributed by atoms with E-state index in [2.05, 4.69) is 5.32 Å². The first-order valence-electron chi connectivity index (χ1n) is 8.04. The highest BCUT2D eigenvalue weighted by atomic mass is 16.5. The zero-order valence-corrected chi connectivity index (χ0v) is 14.1. The Bertz CT molecular complexity index is 646. The zero-order chi connectivity index (χ0) is 17.4. The Morgan fingerprint density at radius 1 is 1.21 bits per heavy atom. The van der Waals surface area contributed by atoms with Crippen LogP contribution in [-0.2, 0) is 4.79 Å². The van der Waals surface area contributed by atoms with E-state index in [4.69, 9.17) is 4.74 Å². The number of aliphatic hydroxyl groups is 1. The standard InChI is InChI=1S/C19H24N2O3/c1-3-21(12-13-22)18(15-8-5-4-6-9-15)19(23)20-16-10-7-11-17(14-16)24-2/h4-11,14,18,22H,3,12-13H2,1-2H3,(H,20,23). The van der Waals surface area contributed by atoms with E-state index >= 15 is 0 Å². The number of methoxy groups -OCH3 is 1. The summed E-state index contributed by atoms with van der Waals surface area (Å²) in [5, 5.41) is 12.3. The predicted molar refractivity (Wildman–Crippen MR) is 95.1 cm³/mol. The van der Waals surface area contributed by atoms with Crippen LogP contribution in [0.3, 0.4) is 0 Å². The molecule has 5 nitrogen and oxygen atoms in total. The van der Waals surface area contributed by atoms with Crippen molar-refractivity contribution in [2.75, 3.05) is 32.1 Å². The number of carbonyl (C=O) groups is 1. The summed E-state index contributed by atoms with van der Waals surface area (Å²) in [6.45, 7) is 3.07. The Labute approximate surface area is 142 Å². The molecule has 2 rings (SSSR count). The first-order chi connectivity index (χ1) is 11.7. The zero-order valence-electron chi connectivity index (χ0n) is 14.1. The number of ether oxygens (including phenoxy) is 1. The Morgan fingerprint density at radius 3 is 2.58 bits per heavy atom.